The molecule has 0 aliphatic carbocycles. The first-order chi connectivity index (χ1) is 11.7. The zero-order valence-corrected chi connectivity index (χ0v) is 14.4. The van der Waals surface area contributed by atoms with Crippen molar-refractivity contribution in [2.75, 3.05) is 26.2 Å². The van der Waals surface area contributed by atoms with Crippen LogP contribution in [-0.2, 0) is 13.1 Å². The van der Waals surface area contributed by atoms with Gasteiger partial charge in [0.25, 0.3) is 5.91 Å². The van der Waals surface area contributed by atoms with Crippen LogP contribution in [-0.4, -0.2) is 41.9 Å². The van der Waals surface area contributed by atoms with Gasteiger partial charge in [0, 0.05) is 49.9 Å². The molecule has 5 heteroatoms. The molecule has 2 N–H and O–H groups in total. The molecule has 0 unspecified atom stereocenters. The lowest BCUT2D eigenvalue weighted by molar-refractivity contribution is 0.0628. The van der Waals surface area contributed by atoms with Gasteiger partial charge in [-0.1, -0.05) is 35.9 Å². The molecule has 0 saturated carbocycles. The van der Waals surface area contributed by atoms with E-state index in [1.165, 1.54) is 5.56 Å². The number of nitrogens with zero attached hydrogens (tertiary/aromatic N) is 2. The fourth-order valence-corrected chi connectivity index (χ4v) is 3.18. The minimum absolute atomic E-state index is 0.0981. The lowest BCUT2D eigenvalue weighted by atomic mass is 10.1. The summed E-state index contributed by atoms with van der Waals surface area (Å²) in [6.07, 6.45) is 0. The normalized spacial score (nSPS) is 15.5. The molecule has 2 aromatic carbocycles. The van der Waals surface area contributed by atoms with Gasteiger partial charge in [0.05, 0.1) is 0 Å². The van der Waals surface area contributed by atoms with E-state index in [2.05, 4.69) is 11.0 Å². The average molecular weight is 344 g/mol. The molecule has 1 fully saturated rings. The van der Waals surface area contributed by atoms with Crippen molar-refractivity contribution in [2.45, 2.75) is 13.1 Å². The fourth-order valence-electron chi connectivity index (χ4n) is 2.97. The van der Waals surface area contributed by atoms with Gasteiger partial charge in [-0.15, -0.1) is 0 Å². The topological polar surface area (TPSA) is 49.6 Å². The highest BCUT2D eigenvalue weighted by atomic mass is 35.5. The van der Waals surface area contributed by atoms with Crippen LogP contribution in [0.3, 0.4) is 0 Å². The Kier molecular flexibility index (Phi) is 5.51. The third kappa shape index (κ3) is 4.15. The Labute approximate surface area is 147 Å². The number of nitrogens with two attached hydrogens (primary N) is 1. The maximum Gasteiger partial charge on any atom is 0.253 e. The largest absolute Gasteiger partial charge is 0.336 e. The molecule has 24 heavy (non-hydrogen) atoms. The number of halogens is 1. The minimum Gasteiger partial charge on any atom is -0.336 e. The van der Waals surface area contributed by atoms with Crippen LogP contribution in [0.2, 0.25) is 5.02 Å². The van der Waals surface area contributed by atoms with E-state index in [0.29, 0.717) is 6.54 Å². The molecule has 1 aliphatic rings. The summed E-state index contributed by atoms with van der Waals surface area (Å²) in [5.74, 6) is 0.0981. The van der Waals surface area contributed by atoms with Crippen LogP contribution in [0.4, 0.5) is 0 Å². The Morgan fingerprint density at radius 1 is 1.00 bits per heavy atom. The molecule has 0 bridgehead atoms. The Bertz CT molecular complexity index is 694. The SMILES string of the molecule is NCc1ccc(C(=O)N2CCN(Cc3cccc(Cl)c3)CC2)cc1. The highest BCUT2D eigenvalue weighted by molar-refractivity contribution is 6.30. The molecule has 0 atom stereocenters. The van der Waals surface area contributed by atoms with Gasteiger partial charge < -0.3 is 10.6 Å². The molecule has 0 aromatic heterocycles. The fraction of sp³-hybridized carbons (Fsp3) is 0.316. The van der Waals surface area contributed by atoms with Crippen molar-refractivity contribution in [3.05, 3.63) is 70.2 Å². The lowest BCUT2D eigenvalue weighted by Gasteiger charge is -2.34. The van der Waals surface area contributed by atoms with E-state index in [1.807, 2.05) is 47.4 Å². The first-order valence-electron chi connectivity index (χ1n) is 8.21. The van der Waals surface area contributed by atoms with Crippen molar-refractivity contribution < 1.29 is 4.79 Å². The van der Waals surface area contributed by atoms with Crippen LogP contribution in [0.1, 0.15) is 21.5 Å². The third-order valence-corrected chi connectivity index (χ3v) is 4.63. The minimum atomic E-state index is 0.0981. The molecule has 0 radical (unpaired) electrons. The number of carbonyl (C=O) groups is 1. The first-order valence-corrected chi connectivity index (χ1v) is 8.58. The number of carbonyl (C=O) groups excluding carboxylic acids is 1. The maximum atomic E-state index is 12.6. The predicted octanol–water partition coefficient (Wildman–Crippen LogP) is 2.76. The number of hydrogen-bond donors (Lipinski definition) is 1. The molecular formula is C19H22ClN3O. The molecular weight excluding hydrogens is 322 g/mol. The number of rotatable bonds is 4. The zero-order chi connectivity index (χ0) is 16.9. The van der Waals surface area contributed by atoms with E-state index in [-0.39, 0.29) is 5.91 Å². The van der Waals surface area contributed by atoms with Crippen molar-refractivity contribution >= 4 is 17.5 Å². The molecule has 1 saturated heterocycles. The standard InChI is InChI=1S/C19H22ClN3O/c20-18-3-1-2-16(12-18)14-22-8-10-23(11-9-22)19(24)17-6-4-15(13-21)5-7-17/h1-7,12H,8-11,13-14,21H2. The number of amides is 1. The molecule has 126 valence electrons. The van der Waals surface area contributed by atoms with Crippen molar-refractivity contribution in [1.29, 1.82) is 0 Å². The van der Waals surface area contributed by atoms with Crippen LogP contribution < -0.4 is 5.73 Å². The Morgan fingerprint density at radius 3 is 2.33 bits per heavy atom. The van der Waals surface area contributed by atoms with E-state index in [0.717, 1.165) is 48.9 Å². The zero-order valence-electron chi connectivity index (χ0n) is 13.6. The molecule has 2 aromatic rings. The van der Waals surface area contributed by atoms with Gasteiger partial charge in [-0.05, 0) is 35.4 Å². The summed E-state index contributed by atoms with van der Waals surface area (Å²) in [5.41, 5.74) is 8.58. The van der Waals surface area contributed by atoms with Crippen molar-refractivity contribution in [1.82, 2.24) is 9.80 Å². The molecule has 1 aliphatic heterocycles. The number of hydrogen-bond acceptors (Lipinski definition) is 3. The van der Waals surface area contributed by atoms with E-state index >= 15 is 0 Å². The van der Waals surface area contributed by atoms with Gasteiger partial charge in [-0.3, -0.25) is 9.69 Å². The van der Waals surface area contributed by atoms with Gasteiger partial charge in [0.2, 0.25) is 0 Å². The Morgan fingerprint density at radius 2 is 1.71 bits per heavy atom. The summed E-state index contributed by atoms with van der Waals surface area (Å²) in [6, 6.07) is 15.5. The summed E-state index contributed by atoms with van der Waals surface area (Å²) in [6.45, 7) is 4.61. The average Bonchev–Trinajstić information content (AvgIpc) is 2.62. The Hall–Kier alpha value is -1.88. The maximum absolute atomic E-state index is 12.6. The quantitative estimate of drug-likeness (QED) is 0.928. The van der Waals surface area contributed by atoms with Crippen LogP contribution in [0.5, 0.6) is 0 Å². The van der Waals surface area contributed by atoms with Gasteiger partial charge in [0.1, 0.15) is 0 Å². The van der Waals surface area contributed by atoms with Gasteiger partial charge >= 0.3 is 0 Å². The smallest absolute Gasteiger partial charge is 0.253 e. The van der Waals surface area contributed by atoms with E-state index in [4.69, 9.17) is 17.3 Å². The van der Waals surface area contributed by atoms with E-state index < -0.39 is 0 Å². The van der Waals surface area contributed by atoms with Gasteiger partial charge in [-0.2, -0.15) is 0 Å². The van der Waals surface area contributed by atoms with Gasteiger partial charge in [0.15, 0.2) is 0 Å². The van der Waals surface area contributed by atoms with Crippen LogP contribution in [0.25, 0.3) is 0 Å². The van der Waals surface area contributed by atoms with E-state index in [1.54, 1.807) is 0 Å². The van der Waals surface area contributed by atoms with Crippen LogP contribution in [0.15, 0.2) is 48.5 Å². The number of piperazine rings is 1. The van der Waals surface area contributed by atoms with Crippen LogP contribution >= 0.6 is 11.6 Å². The second kappa shape index (κ2) is 7.79. The van der Waals surface area contributed by atoms with Crippen molar-refractivity contribution in [3.63, 3.8) is 0 Å². The van der Waals surface area contributed by atoms with Crippen LogP contribution in [0, 0.1) is 0 Å². The van der Waals surface area contributed by atoms with Gasteiger partial charge in [-0.25, -0.2) is 0 Å². The summed E-state index contributed by atoms with van der Waals surface area (Å²) >= 11 is 6.04. The van der Waals surface area contributed by atoms with E-state index in [9.17, 15) is 4.79 Å². The monoisotopic (exact) mass is 343 g/mol. The highest BCUT2D eigenvalue weighted by Crippen LogP contribution is 2.15. The summed E-state index contributed by atoms with van der Waals surface area (Å²) in [7, 11) is 0. The second-order valence-corrected chi connectivity index (χ2v) is 6.54. The molecule has 0 spiro atoms. The first kappa shape index (κ1) is 17.0. The Balaban J connectivity index is 1.55. The summed E-state index contributed by atoms with van der Waals surface area (Å²) in [4.78, 5) is 16.8. The summed E-state index contributed by atoms with van der Waals surface area (Å²) < 4.78 is 0. The number of benzene rings is 2. The third-order valence-electron chi connectivity index (χ3n) is 4.39. The molecule has 4 nitrogen and oxygen atoms in total. The molecule has 3 rings (SSSR count). The molecule has 1 amide bonds. The lowest BCUT2D eigenvalue weighted by Crippen LogP contribution is -2.48. The highest BCUT2D eigenvalue weighted by Gasteiger charge is 2.22. The summed E-state index contributed by atoms with van der Waals surface area (Å²) in [5, 5.41) is 0.766. The second-order valence-electron chi connectivity index (χ2n) is 6.10. The predicted molar refractivity (Wildman–Crippen MR) is 97.0 cm³/mol. The molecule has 1 heterocycles. The van der Waals surface area contributed by atoms with Crippen molar-refractivity contribution in [3.8, 4) is 0 Å². The van der Waals surface area contributed by atoms with Crippen molar-refractivity contribution in [2.24, 2.45) is 5.73 Å².